The molecule has 1 heterocycles. The summed E-state index contributed by atoms with van der Waals surface area (Å²) in [5, 5.41) is 10.1. The van der Waals surface area contributed by atoms with Crippen LogP contribution in [0.3, 0.4) is 0 Å². The van der Waals surface area contributed by atoms with Crippen LogP contribution in [0.5, 0.6) is 0 Å². The minimum atomic E-state index is -5.96. The van der Waals surface area contributed by atoms with Crippen LogP contribution in [-0.2, 0) is 14.3 Å². The molecular formula is C6F7KO4. The molecule has 1 rings (SSSR count). The van der Waals surface area contributed by atoms with E-state index in [0.29, 0.717) is 0 Å². The number of carbonyl (C=O) groups is 1. The first kappa shape index (κ1) is 18.0. The molecule has 1 aliphatic rings. The summed E-state index contributed by atoms with van der Waals surface area (Å²) in [5.41, 5.74) is 0. The summed E-state index contributed by atoms with van der Waals surface area (Å²) in [5.74, 6) is -10.9. The van der Waals surface area contributed by atoms with E-state index in [-0.39, 0.29) is 51.4 Å². The molecule has 0 radical (unpaired) electrons. The van der Waals surface area contributed by atoms with Crippen molar-refractivity contribution in [3.8, 4) is 0 Å². The molecular weight excluding hydrogens is 308 g/mol. The molecule has 0 saturated heterocycles. The monoisotopic (exact) mass is 308 g/mol. The van der Waals surface area contributed by atoms with Crippen LogP contribution in [0, 0.1) is 0 Å². The fourth-order valence-corrected chi connectivity index (χ4v) is 0.861. The van der Waals surface area contributed by atoms with E-state index >= 15 is 0 Å². The van der Waals surface area contributed by atoms with Crippen LogP contribution >= 0.6 is 0 Å². The first-order valence-corrected chi connectivity index (χ1v) is 3.55. The third-order valence-corrected chi connectivity index (χ3v) is 1.56. The van der Waals surface area contributed by atoms with Gasteiger partial charge in [0.25, 0.3) is 5.76 Å². The number of rotatable bonds is 1. The zero-order chi connectivity index (χ0) is 13.6. The molecule has 1 atom stereocenters. The van der Waals surface area contributed by atoms with Gasteiger partial charge in [0.2, 0.25) is 0 Å². The number of hydrogen-bond acceptors (Lipinski definition) is 4. The molecule has 0 aromatic carbocycles. The van der Waals surface area contributed by atoms with Crippen molar-refractivity contribution in [1.29, 1.82) is 0 Å². The van der Waals surface area contributed by atoms with Crippen molar-refractivity contribution in [2.24, 2.45) is 0 Å². The van der Waals surface area contributed by atoms with Crippen molar-refractivity contribution in [3.63, 3.8) is 0 Å². The summed E-state index contributed by atoms with van der Waals surface area (Å²) in [4.78, 5) is 10.1. The van der Waals surface area contributed by atoms with Gasteiger partial charge in [-0.3, -0.25) is 0 Å². The topological polar surface area (TPSA) is 58.6 Å². The second kappa shape index (κ2) is 5.15. The van der Waals surface area contributed by atoms with Gasteiger partial charge in [-0.1, -0.05) is 0 Å². The molecule has 0 bridgehead atoms. The molecule has 0 amide bonds. The smallest absolute Gasteiger partial charge is 0.542 e. The average molecular weight is 308 g/mol. The number of aliphatic carboxylic acids is 1. The Kier molecular flexibility index (Phi) is 5.14. The van der Waals surface area contributed by atoms with E-state index in [4.69, 9.17) is 0 Å². The van der Waals surface area contributed by atoms with Crippen LogP contribution in [0.2, 0.25) is 0 Å². The van der Waals surface area contributed by atoms with Gasteiger partial charge >= 0.3 is 75.5 Å². The summed E-state index contributed by atoms with van der Waals surface area (Å²) in [6.45, 7) is 0. The molecule has 98 valence electrons. The van der Waals surface area contributed by atoms with Crippen LogP contribution < -0.4 is 56.5 Å². The molecule has 0 saturated carbocycles. The van der Waals surface area contributed by atoms with E-state index < -0.39 is 35.9 Å². The molecule has 0 N–H and O–H groups in total. The Balaban J connectivity index is 0.00000289. The molecule has 0 aliphatic carbocycles. The number of halogens is 7. The SMILES string of the molecule is O=C([O-])C1(C(F)(F)F)OC(F)=C(C(F)(F)F)O1.[K+]. The second-order valence-corrected chi connectivity index (χ2v) is 2.71. The van der Waals surface area contributed by atoms with Gasteiger partial charge in [0.15, 0.2) is 0 Å². The minimum Gasteiger partial charge on any atom is -0.542 e. The first-order valence-electron chi connectivity index (χ1n) is 3.55. The molecule has 4 nitrogen and oxygen atoms in total. The second-order valence-electron chi connectivity index (χ2n) is 2.71. The number of carbonyl (C=O) groups excluding carboxylic acids is 1. The van der Waals surface area contributed by atoms with E-state index in [1.165, 1.54) is 0 Å². The van der Waals surface area contributed by atoms with Crippen molar-refractivity contribution < 1.29 is 101 Å². The Labute approximate surface area is 136 Å². The minimum absolute atomic E-state index is 0. The molecule has 18 heavy (non-hydrogen) atoms. The van der Waals surface area contributed by atoms with Gasteiger partial charge in [0.05, 0.1) is 0 Å². The Morgan fingerprint density at radius 1 is 1.11 bits per heavy atom. The van der Waals surface area contributed by atoms with Gasteiger partial charge in [-0.25, -0.2) is 0 Å². The fraction of sp³-hybridized carbons (Fsp3) is 0.500. The summed E-state index contributed by atoms with van der Waals surface area (Å²) in [6, 6.07) is -2.83. The number of carboxylic acid groups (broad SMARTS) is 1. The van der Waals surface area contributed by atoms with Crippen LogP contribution in [0.1, 0.15) is 0 Å². The average Bonchev–Trinajstić information content (AvgIpc) is 2.41. The number of hydrogen-bond donors (Lipinski definition) is 0. The van der Waals surface area contributed by atoms with Gasteiger partial charge in [-0.15, -0.1) is 0 Å². The van der Waals surface area contributed by atoms with Crippen molar-refractivity contribution >= 4 is 5.97 Å². The van der Waals surface area contributed by atoms with Gasteiger partial charge in [0, 0.05) is 0 Å². The van der Waals surface area contributed by atoms with Gasteiger partial charge in [-0.05, 0) is 0 Å². The van der Waals surface area contributed by atoms with Crippen molar-refractivity contribution in [2.75, 3.05) is 0 Å². The van der Waals surface area contributed by atoms with E-state index in [2.05, 4.69) is 9.47 Å². The van der Waals surface area contributed by atoms with E-state index in [1.54, 1.807) is 0 Å². The molecule has 0 fully saturated rings. The van der Waals surface area contributed by atoms with Crippen molar-refractivity contribution in [3.05, 3.63) is 11.8 Å². The zero-order valence-electron chi connectivity index (χ0n) is 8.28. The molecule has 1 aliphatic heterocycles. The van der Waals surface area contributed by atoms with Crippen LogP contribution in [0.15, 0.2) is 11.8 Å². The standard InChI is InChI=1S/C6HF7O4.K/c7-2-1(5(8,9)10)16-4(17-2,3(14)15)6(11,12)13;/h(H,14,15);/q;+1/p-1. The molecule has 0 aromatic heterocycles. The number of carboxylic acids is 1. The first-order chi connectivity index (χ1) is 7.42. The van der Waals surface area contributed by atoms with E-state index in [9.17, 15) is 40.6 Å². The van der Waals surface area contributed by atoms with Gasteiger partial charge in [-0.2, -0.15) is 30.7 Å². The van der Waals surface area contributed by atoms with Crippen LogP contribution in [0.25, 0.3) is 0 Å². The maximum atomic E-state index is 12.5. The van der Waals surface area contributed by atoms with Gasteiger partial charge in [0.1, 0.15) is 5.97 Å². The third-order valence-electron chi connectivity index (χ3n) is 1.56. The van der Waals surface area contributed by atoms with E-state index in [0.717, 1.165) is 0 Å². The van der Waals surface area contributed by atoms with Crippen molar-refractivity contribution in [2.45, 2.75) is 18.1 Å². The molecule has 12 heteroatoms. The molecule has 0 spiro atoms. The predicted molar refractivity (Wildman–Crippen MR) is 30.2 cm³/mol. The van der Waals surface area contributed by atoms with E-state index in [1.807, 2.05) is 0 Å². The predicted octanol–water partition coefficient (Wildman–Crippen LogP) is -2.25. The normalized spacial score (nSPS) is 24.2. The number of allylic oxidation sites excluding steroid dienone is 1. The zero-order valence-corrected chi connectivity index (χ0v) is 11.4. The Morgan fingerprint density at radius 2 is 1.56 bits per heavy atom. The third kappa shape index (κ3) is 2.92. The Bertz CT molecular complexity index is 386. The largest absolute Gasteiger partial charge is 1.00 e. The Morgan fingerprint density at radius 3 is 1.72 bits per heavy atom. The summed E-state index contributed by atoms with van der Waals surface area (Å²) >= 11 is 0. The van der Waals surface area contributed by atoms with Crippen LogP contribution in [0.4, 0.5) is 30.7 Å². The summed E-state index contributed by atoms with van der Waals surface area (Å²) in [7, 11) is 0. The molecule has 1 unspecified atom stereocenters. The molecule has 0 aromatic rings. The number of ether oxygens (including phenoxy) is 2. The fourth-order valence-electron chi connectivity index (χ4n) is 0.861. The maximum Gasteiger partial charge on any atom is 1.00 e. The Hall–Kier alpha value is -0.0436. The maximum absolute atomic E-state index is 12.5. The summed E-state index contributed by atoms with van der Waals surface area (Å²) < 4.78 is 90.8. The van der Waals surface area contributed by atoms with Crippen LogP contribution in [-0.4, -0.2) is 24.1 Å². The summed E-state index contributed by atoms with van der Waals surface area (Å²) in [6.07, 6.45) is -11.6. The number of alkyl halides is 6. The van der Waals surface area contributed by atoms with Crippen molar-refractivity contribution in [1.82, 2.24) is 0 Å². The quantitative estimate of drug-likeness (QED) is 0.405. The van der Waals surface area contributed by atoms with Gasteiger partial charge < -0.3 is 19.4 Å².